The minimum Gasteiger partial charge on any atom is -0.355 e. The molecule has 5 nitrogen and oxygen atoms in total. The van der Waals surface area contributed by atoms with Gasteiger partial charge in [-0.3, -0.25) is 4.79 Å². The first-order valence-corrected chi connectivity index (χ1v) is 10.7. The average molecular weight is 426 g/mol. The summed E-state index contributed by atoms with van der Waals surface area (Å²) in [6, 6.07) is 21.8. The molecule has 152 valence electrons. The van der Waals surface area contributed by atoms with Crippen molar-refractivity contribution in [2.75, 3.05) is 0 Å². The van der Waals surface area contributed by atoms with Crippen LogP contribution in [-0.4, -0.2) is 16.2 Å². The Morgan fingerprint density at radius 3 is 2.65 bits per heavy atom. The SMILES string of the molecule is Cc1ccc(N=C2NC(=O)S/C2=C\c2ccc3noc(-c4ccccc4)c3c2)cc1C. The zero-order valence-electron chi connectivity index (χ0n) is 17.0. The van der Waals surface area contributed by atoms with Gasteiger partial charge in [0.2, 0.25) is 0 Å². The Morgan fingerprint density at radius 2 is 1.84 bits per heavy atom. The zero-order chi connectivity index (χ0) is 21.4. The number of nitrogens with one attached hydrogen (secondary N) is 1. The van der Waals surface area contributed by atoms with E-state index < -0.39 is 0 Å². The third kappa shape index (κ3) is 3.90. The van der Waals surface area contributed by atoms with Crippen LogP contribution >= 0.6 is 11.8 Å². The molecule has 3 aromatic carbocycles. The van der Waals surface area contributed by atoms with Crippen LogP contribution in [0.1, 0.15) is 16.7 Å². The summed E-state index contributed by atoms with van der Waals surface area (Å²) in [4.78, 5) is 17.5. The average Bonchev–Trinajstić information content (AvgIpc) is 3.34. The van der Waals surface area contributed by atoms with Gasteiger partial charge in [-0.15, -0.1) is 0 Å². The summed E-state index contributed by atoms with van der Waals surface area (Å²) < 4.78 is 5.60. The molecular formula is C25H19N3O2S. The third-order valence-electron chi connectivity index (χ3n) is 5.22. The lowest BCUT2D eigenvalue weighted by Crippen LogP contribution is -2.18. The molecule has 0 atom stereocenters. The number of aromatic nitrogens is 1. The van der Waals surface area contributed by atoms with Gasteiger partial charge in [-0.2, -0.15) is 0 Å². The fourth-order valence-corrected chi connectivity index (χ4v) is 4.17. The maximum Gasteiger partial charge on any atom is 0.289 e. The highest BCUT2D eigenvalue weighted by Crippen LogP contribution is 2.32. The molecule has 31 heavy (non-hydrogen) atoms. The van der Waals surface area contributed by atoms with E-state index in [0.717, 1.165) is 55.7 Å². The van der Waals surface area contributed by atoms with Crippen LogP contribution in [0.3, 0.4) is 0 Å². The Bertz CT molecular complexity index is 1370. The van der Waals surface area contributed by atoms with Crippen LogP contribution in [0.5, 0.6) is 0 Å². The monoisotopic (exact) mass is 425 g/mol. The largest absolute Gasteiger partial charge is 0.355 e. The smallest absolute Gasteiger partial charge is 0.289 e. The number of fused-ring (bicyclic) bond motifs is 1. The molecule has 0 unspecified atom stereocenters. The van der Waals surface area contributed by atoms with Gasteiger partial charge in [0.15, 0.2) is 5.76 Å². The number of aliphatic imine (C=N–C) groups is 1. The van der Waals surface area contributed by atoms with Crippen molar-refractivity contribution in [1.82, 2.24) is 10.5 Å². The number of hydrogen-bond donors (Lipinski definition) is 1. The van der Waals surface area contributed by atoms with Gasteiger partial charge in [-0.25, -0.2) is 4.99 Å². The summed E-state index contributed by atoms with van der Waals surface area (Å²) in [6.45, 7) is 4.12. The Morgan fingerprint density at radius 1 is 1.00 bits per heavy atom. The molecule has 4 aromatic rings. The van der Waals surface area contributed by atoms with E-state index in [2.05, 4.69) is 29.3 Å². The molecule has 1 N–H and O–H groups in total. The lowest BCUT2D eigenvalue weighted by molar-refractivity contribution is 0.265. The highest BCUT2D eigenvalue weighted by molar-refractivity contribution is 8.18. The van der Waals surface area contributed by atoms with Gasteiger partial charge in [0.1, 0.15) is 11.4 Å². The summed E-state index contributed by atoms with van der Waals surface area (Å²) in [7, 11) is 0. The molecular weight excluding hydrogens is 406 g/mol. The van der Waals surface area contributed by atoms with Crippen LogP contribution in [0.2, 0.25) is 0 Å². The third-order valence-corrected chi connectivity index (χ3v) is 6.04. The maximum atomic E-state index is 12.1. The molecule has 1 aliphatic heterocycles. The van der Waals surface area contributed by atoms with Gasteiger partial charge < -0.3 is 9.84 Å². The first-order chi connectivity index (χ1) is 15.1. The molecule has 0 saturated carbocycles. The highest BCUT2D eigenvalue weighted by Gasteiger charge is 2.24. The van der Waals surface area contributed by atoms with E-state index in [0.29, 0.717) is 5.84 Å². The number of hydrogen-bond acceptors (Lipinski definition) is 5. The molecule has 6 heteroatoms. The van der Waals surface area contributed by atoms with Crippen molar-refractivity contribution in [3.63, 3.8) is 0 Å². The van der Waals surface area contributed by atoms with Gasteiger partial charge in [0, 0.05) is 5.56 Å². The predicted octanol–water partition coefficient (Wildman–Crippen LogP) is 6.64. The molecule has 1 amide bonds. The first-order valence-electron chi connectivity index (χ1n) is 9.88. The van der Waals surface area contributed by atoms with Crippen molar-refractivity contribution in [1.29, 1.82) is 0 Å². The Balaban J connectivity index is 1.54. The molecule has 0 bridgehead atoms. The van der Waals surface area contributed by atoms with Crippen LogP contribution in [-0.2, 0) is 0 Å². The predicted molar refractivity (Wildman–Crippen MR) is 127 cm³/mol. The number of benzene rings is 3. The molecule has 1 aromatic heterocycles. The summed E-state index contributed by atoms with van der Waals surface area (Å²) in [5.41, 5.74) is 5.89. The second-order valence-corrected chi connectivity index (χ2v) is 8.42. The van der Waals surface area contributed by atoms with E-state index >= 15 is 0 Å². The summed E-state index contributed by atoms with van der Waals surface area (Å²) >= 11 is 1.14. The van der Waals surface area contributed by atoms with Crippen molar-refractivity contribution in [2.45, 2.75) is 13.8 Å². The number of amidine groups is 1. The van der Waals surface area contributed by atoms with E-state index in [9.17, 15) is 4.79 Å². The van der Waals surface area contributed by atoms with Crippen molar-refractivity contribution in [3.8, 4) is 11.3 Å². The van der Waals surface area contributed by atoms with Crippen molar-refractivity contribution >= 4 is 45.5 Å². The number of carbonyl (C=O) groups excluding carboxylic acids is 1. The van der Waals surface area contributed by atoms with Gasteiger partial charge in [0.05, 0.1) is 16.0 Å². The molecule has 0 aliphatic carbocycles. The van der Waals surface area contributed by atoms with E-state index in [1.165, 1.54) is 5.56 Å². The summed E-state index contributed by atoms with van der Waals surface area (Å²) in [6.07, 6.45) is 1.96. The van der Waals surface area contributed by atoms with E-state index in [1.807, 2.05) is 72.8 Å². The van der Waals surface area contributed by atoms with E-state index in [-0.39, 0.29) is 5.24 Å². The van der Waals surface area contributed by atoms with E-state index in [4.69, 9.17) is 4.52 Å². The van der Waals surface area contributed by atoms with Crippen LogP contribution < -0.4 is 5.32 Å². The Labute approximate surface area is 183 Å². The van der Waals surface area contributed by atoms with Crippen LogP contribution in [0.25, 0.3) is 28.3 Å². The second-order valence-electron chi connectivity index (χ2n) is 7.41. The first kappa shape index (κ1) is 19.3. The number of thioether (sulfide) groups is 1. The van der Waals surface area contributed by atoms with E-state index in [1.54, 1.807) is 0 Å². The Hall–Kier alpha value is -3.64. The fourth-order valence-electron chi connectivity index (χ4n) is 3.44. The lowest BCUT2D eigenvalue weighted by atomic mass is 10.1. The van der Waals surface area contributed by atoms with Gasteiger partial charge in [-0.05, 0) is 72.6 Å². The maximum absolute atomic E-state index is 12.1. The second kappa shape index (κ2) is 7.89. The van der Waals surface area contributed by atoms with Gasteiger partial charge in [0.25, 0.3) is 5.24 Å². The number of nitrogens with zero attached hydrogens (tertiary/aromatic N) is 2. The topological polar surface area (TPSA) is 67.5 Å². The lowest BCUT2D eigenvalue weighted by Gasteiger charge is -2.03. The number of aryl methyl sites for hydroxylation is 2. The number of rotatable bonds is 3. The molecule has 1 fully saturated rings. The Kier molecular flexibility index (Phi) is 4.92. The summed E-state index contributed by atoms with van der Waals surface area (Å²) in [5, 5.41) is 7.82. The number of amides is 1. The standard InChI is InChI=1S/C25H19N3O2S/c1-15-8-10-19(12-16(15)2)26-24-22(31-25(29)27-24)14-17-9-11-21-20(13-17)23(30-28-21)18-6-4-3-5-7-18/h3-14H,1-2H3,(H,26,27,29)/b22-14-. The van der Waals surface area contributed by atoms with Crippen molar-refractivity contribution in [3.05, 3.63) is 88.3 Å². The number of carbonyl (C=O) groups is 1. The quantitative estimate of drug-likeness (QED) is 0.399. The molecule has 2 heterocycles. The molecule has 0 radical (unpaired) electrons. The normalized spacial score (nSPS) is 16.4. The highest BCUT2D eigenvalue weighted by atomic mass is 32.2. The molecule has 0 spiro atoms. The van der Waals surface area contributed by atoms with Crippen LogP contribution in [0.4, 0.5) is 10.5 Å². The molecule has 1 aliphatic rings. The van der Waals surface area contributed by atoms with Gasteiger partial charge in [-0.1, -0.05) is 47.6 Å². The fraction of sp³-hybridized carbons (Fsp3) is 0.0800. The van der Waals surface area contributed by atoms with Crippen LogP contribution in [0.15, 0.2) is 81.2 Å². The summed E-state index contributed by atoms with van der Waals surface area (Å²) in [5.74, 6) is 1.29. The van der Waals surface area contributed by atoms with Gasteiger partial charge >= 0.3 is 0 Å². The van der Waals surface area contributed by atoms with Crippen LogP contribution in [0, 0.1) is 13.8 Å². The minimum absolute atomic E-state index is 0.134. The minimum atomic E-state index is -0.134. The van der Waals surface area contributed by atoms with Crippen molar-refractivity contribution in [2.24, 2.45) is 4.99 Å². The zero-order valence-corrected chi connectivity index (χ0v) is 17.9. The van der Waals surface area contributed by atoms with Crippen molar-refractivity contribution < 1.29 is 9.32 Å². The molecule has 1 saturated heterocycles. The molecule has 5 rings (SSSR count).